The molecule has 0 aliphatic heterocycles. The average Bonchev–Trinajstić information content (AvgIpc) is 2.35. The van der Waals surface area contributed by atoms with Gasteiger partial charge < -0.3 is 5.32 Å². The van der Waals surface area contributed by atoms with Gasteiger partial charge in [-0.1, -0.05) is 39.8 Å². The standard InChI is InChI=1S/C15H25N/c1-5-12-9-13(6-2)15(11-16-8-4)14(7-3)10-12/h9-10,16H,5-8,11H2,1-4H3. The molecule has 1 nitrogen and oxygen atoms in total. The van der Waals surface area contributed by atoms with Crippen molar-refractivity contribution in [2.75, 3.05) is 6.54 Å². The Kier molecular flexibility index (Phi) is 5.54. The van der Waals surface area contributed by atoms with Crippen LogP contribution in [0.1, 0.15) is 49.9 Å². The second kappa shape index (κ2) is 6.70. The Morgan fingerprint density at radius 3 is 1.81 bits per heavy atom. The summed E-state index contributed by atoms with van der Waals surface area (Å²) < 4.78 is 0. The molecule has 1 aromatic carbocycles. The van der Waals surface area contributed by atoms with E-state index in [1.807, 2.05) is 0 Å². The van der Waals surface area contributed by atoms with Gasteiger partial charge in [0, 0.05) is 6.54 Å². The van der Waals surface area contributed by atoms with Gasteiger partial charge in [-0.25, -0.2) is 0 Å². The molecule has 1 rings (SSSR count). The summed E-state index contributed by atoms with van der Waals surface area (Å²) in [6.07, 6.45) is 3.42. The zero-order valence-corrected chi connectivity index (χ0v) is 11.2. The van der Waals surface area contributed by atoms with E-state index in [2.05, 4.69) is 45.1 Å². The van der Waals surface area contributed by atoms with Crippen molar-refractivity contribution in [3.05, 3.63) is 34.4 Å². The number of aryl methyl sites for hydroxylation is 3. The highest BCUT2D eigenvalue weighted by molar-refractivity contribution is 5.39. The summed E-state index contributed by atoms with van der Waals surface area (Å²) in [6, 6.07) is 4.76. The van der Waals surface area contributed by atoms with Crippen molar-refractivity contribution in [1.29, 1.82) is 0 Å². The minimum absolute atomic E-state index is 1.02. The molecule has 0 saturated carbocycles. The van der Waals surface area contributed by atoms with Gasteiger partial charge in [0.15, 0.2) is 0 Å². The topological polar surface area (TPSA) is 12.0 Å². The Bertz CT molecular complexity index is 303. The van der Waals surface area contributed by atoms with Crippen molar-refractivity contribution < 1.29 is 0 Å². The van der Waals surface area contributed by atoms with Gasteiger partial charge in [-0.2, -0.15) is 0 Å². The summed E-state index contributed by atoms with van der Waals surface area (Å²) in [5.41, 5.74) is 6.06. The molecule has 0 aliphatic carbocycles. The van der Waals surface area contributed by atoms with E-state index in [1.165, 1.54) is 22.3 Å². The minimum atomic E-state index is 1.02. The van der Waals surface area contributed by atoms with Gasteiger partial charge in [0.2, 0.25) is 0 Å². The van der Waals surface area contributed by atoms with Crippen LogP contribution in [0.3, 0.4) is 0 Å². The number of hydrogen-bond donors (Lipinski definition) is 1. The van der Waals surface area contributed by atoms with E-state index in [1.54, 1.807) is 0 Å². The maximum absolute atomic E-state index is 3.45. The minimum Gasteiger partial charge on any atom is -0.313 e. The largest absolute Gasteiger partial charge is 0.313 e. The maximum Gasteiger partial charge on any atom is 0.0210 e. The van der Waals surface area contributed by atoms with Crippen LogP contribution in [0.4, 0.5) is 0 Å². The molecule has 0 amide bonds. The smallest absolute Gasteiger partial charge is 0.0210 e. The van der Waals surface area contributed by atoms with Crippen LogP contribution in [-0.4, -0.2) is 6.54 Å². The molecule has 0 heterocycles. The molecule has 1 N–H and O–H groups in total. The van der Waals surface area contributed by atoms with E-state index < -0.39 is 0 Å². The summed E-state index contributed by atoms with van der Waals surface area (Å²) in [5.74, 6) is 0. The molecule has 0 radical (unpaired) electrons. The molecule has 0 fully saturated rings. The molecular weight excluding hydrogens is 194 g/mol. The van der Waals surface area contributed by atoms with E-state index in [-0.39, 0.29) is 0 Å². The molecule has 0 bridgehead atoms. The molecule has 0 atom stereocenters. The number of hydrogen-bond acceptors (Lipinski definition) is 1. The summed E-state index contributed by atoms with van der Waals surface area (Å²) in [5, 5.41) is 3.45. The first-order chi connectivity index (χ1) is 7.76. The quantitative estimate of drug-likeness (QED) is 0.772. The third-order valence-electron chi connectivity index (χ3n) is 3.22. The molecule has 0 aliphatic rings. The average molecular weight is 219 g/mol. The molecule has 0 saturated heterocycles. The summed E-state index contributed by atoms with van der Waals surface area (Å²) in [6.45, 7) is 11.0. The van der Waals surface area contributed by atoms with Crippen LogP contribution in [-0.2, 0) is 25.8 Å². The maximum atomic E-state index is 3.45. The molecule has 1 aromatic rings. The molecular formula is C15H25N. The van der Waals surface area contributed by atoms with Crippen molar-refractivity contribution in [3.63, 3.8) is 0 Å². The molecule has 0 aromatic heterocycles. The number of rotatable bonds is 6. The van der Waals surface area contributed by atoms with Gasteiger partial charge in [0.1, 0.15) is 0 Å². The van der Waals surface area contributed by atoms with Crippen LogP contribution in [0.5, 0.6) is 0 Å². The lowest BCUT2D eigenvalue weighted by Gasteiger charge is -2.15. The zero-order chi connectivity index (χ0) is 12.0. The van der Waals surface area contributed by atoms with E-state index in [9.17, 15) is 0 Å². The van der Waals surface area contributed by atoms with E-state index in [4.69, 9.17) is 0 Å². The van der Waals surface area contributed by atoms with Gasteiger partial charge in [-0.15, -0.1) is 0 Å². The lowest BCUT2D eigenvalue weighted by molar-refractivity contribution is 0.713. The lowest BCUT2D eigenvalue weighted by atomic mass is 9.93. The fourth-order valence-electron chi connectivity index (χ4n) is 2.18. The lowest BCUT2D eigenvalue weighted by Crippen LogP contribution is -2.15. The van der Waals surface area contributed by atoms with Crippen molar-refractivity contribution in [3.8, 4) is 0 Å². The third kappa shape index (κ3) is 3.08. The van der Waals surface area contributed by atoms with Crippen molar-refractivity contribution in [1.82, 2.24) is 5.32 Å². The molecule has 0 spiro atoms. The second-order valence-electron chi connectivity index (χ2n) is 4.23. The van der Waals surface area contributed by atoms with Crippen molar-refractivity contribution >= 4 is 0 Å². The number of nitrogens with one attached hydrogen (secondary N) is 1. The first-order valence-corrected chi connectivity index (χ1v) is 6.60. The Morgan fingerprint density at radius 2 is 1.44 bits per heavy atom. The van der Waals surface area contributed by atoms with E-state index in [0.717, 1.165) is 32.4 Å². The van der Waals surface area contributed by atoms with Crippen LogP contribution < -0.4 is 5.32 Å². The van der Waals surface area contributed by atoms with Crippen LogP contribution in [0.25, 0.3) is 0 Å². The van der Waals surface area contributed by atoms with Crippen LogP contribution in [0.2, 0.25) is 0 Å². The van der Waals surface area contributed by atoms with E-state index in [0.29, 0.717) is 0 Å². The fourth-order valence-corrected chi connectivity index (χ4v) is 2.18. The molecule has 16 heavy (non-hydrogen) atoms. The summed E-state index contributed by atoms with van der Waals surface area (Å²) in [4.78, 5) is 0. The van der Waals surface area contributed by atoms with Gasteiger partial charge in [0.05, 0.1) is 0 Å². The monoisotopic (exact) mass is 219 g/mol. The van der Waals surface area contributed by atoms with E-state index >= 15 is 0 Å². The van der Waals surface area contributed by atoms with Crippen LogP contribution in [0, 0.1) is 0 Å². The first-order valence-electron chi connectivity index (χ1n) is 6.60. The normalized spacial score (nSPS) is 10.8. The highest BCUT2D eigenvalue weighted by Gasteiger charge is 2.07. The van der Waals surface area contributed by atoms with Crippen LogP contribution >= 0.6 is 0 Å². The van der Waals surface area contributed by atoms with Gasteiger partial charge in [-0.3, -0.25) is 0 Å². The molecule has 90 valence electrons. The highest BCUT2D eigenvalue weighted by Crippen LogP contribution is 2.20. The number of benzene rings is 1. The van der Waals surface area contributed by atoms with Gasteiger partial charge in [-0.05, 0) is 48.1 Å². The Balaban J connectivity index is 3.09. The molecule has 1 heteroatoms. The second-order valence-corrected chi connectivity index (χ2v) is 4.23. The first kappa shape index (κ1) is 13.2. The third-order valence-corrected chi connectivity index (χ3v) is 3.22. The Morgan fingerprint density at radius 1 is 0.875 bits per heavy atom. The predicted molar refractivity (Wildman–Crippen MR) is 72.0 cm³/mol. The zero-order valence-electron chi connectivity index (χ0n) is 11.2. The highest BCUT2D eigenvalue weighted by atomic mass is 14.8. The summed E-state index contributed by atoms with van der Waals surface area (Å²) in [7, 11) is 0. The van der Waals surface area contributed by atoms with Gasteiger partial charge >= 0.3 is 0 Å². The SMILES string of the molecule is CCNCc1c(CC)cc(CC)cc1CC. The van der Waals surface area contributed by atoms with Crippen molar-refractivity contribution in [2.24, 2.45) is 0 Å². The fraction of sp³-hybridized carbons (Fsp3) is 0.600. The summed E-state index contributed by atoms with van der Waals surface area (Å²) >= 11 is 0. The van der Waals surface area contributed by atoms with Crippen molar-refractivity contribution in [2.45, 2.75) is 53.5 Å². The Hall–Kier alpha value is -0.820. The predicted octanol–water partition coefficient (Wildman–Crippen LogP) is 3.48. The van der Waals surface area contributed by atoms with Crippen LogP contribution in [0.15, 0.2) is 12.1 Å². The van der Waals surface area contributed by atoms with Gasteiger partial charge in [0.25, 0.3) is 0 Å². The Labute approximate surface area is 100 Å². The molecule has 0 unspecified atom stereocenters.